The minimum atomic E-state index is -0.213. The largest absolute Gasteiger partial charge is 0.395 e. The normalized spacial score (nSPS) is 14.0. The predicted molar refractivity (Wildman–Crippen MR) is 95.1 cm³/mol. The molecule has 0 atom stereocenters. The lowest BCUT2D eigenvalue weighted by Crippen LogP contribution is -2.27. The Balaban J connectivity index is 1.96. The van der Waals surface area contributed by atoms with Gasteiger partial charge >= 0.3 is 0 Å². The van der Waals surface area contributed by atoms with Gasteiger partial charge in [-0.1, -0.05) is 61.9 Å². The molecular formula is C21H21NO2. The second-order valence-corrected chi connectivity index (χ2v) is 6.13. The second kappa shape index (κ2) is 6.83. The van der Waals surface area contributed by atoms with E-state index in [4.69, 9.17) is 5.73 Å². The number of carbonyl (C=O) groups is 2. The SMILES string of the molecule is CCCC1=C(N)C(=O)c2cccc(CCc3ccccc3)c2C1=O. The van der Waals surface area contributed by atoms with Gasteiger partial charge in [-0.3, -0.25) is 9.59 Å². The molecule has 2 N–H and O–H groups in total. The number of nitrogens with two attached hydrogens (primary N) is 1. The molecule has 3 nitrogen and oxygen atoms in total. The molecule has 0 aliphatic heterocycles. The minimum absolute atomic E-state index is 0.0763. The van der Waals surface area contributed by atoms with Crippen molar-refractivity contribution in [2.45, 2.75) is 32.6 Å². The molecule has 3 heteroatoms. The van der Waals surface area contributed by atoms with Crippen LogP contribution in [0.15, 0.2) is 59.8 Å². The molecule has 0 spiro atoms. The number of allylic oxidation sites excluding steroid dienone is 2. The average molecular weight is 319 g/mol. The number of benzene rings is 2. The van der Waals surface area contributed by atoms with Gasteiger partial charge in [0.1, 0.15) is 0 Å². The van der Waals surface area contributed by atoms with E-state index in [0.717, 1.165) is 24.8 Å². The van der Waals surface area contributed by atoms with Crippen molar-refractivity contribution in [1.82, 2.24) is 0 Å². The van der Waals surface area contributed by atoms with Crippen LogP contribution in [0.1, 0.15) is 51.6 Å². The number of Topliss-reactive ketones (excluding diaryl/α,β-unsaturated/α-hetero) is 2. The van der Waals surface area contributed by atoms with E-state index in [2.05, 4.69) is 12.1 Å². The number of carbonyl (C=O) groups excluding carboxylic acids is 2. The van der Waals surface area contributed by atoms with Crippen molar-refractivity contribution in [1.29, 1.82) is 0 Å². The van der Waals surface area contributed by atoms with E-state index in [1.165, 1.54) is 5.56 Å². The first kappa shape index (κ1) is 16.2. The van der Waals surface area contributed by atoms with Gasteiger partial charge in [0.25, 0.3) is 0 Å². The molecule has 3 rings (SSSR count). The van der Waals surface area contributed by atoms with Crippen LogP contribution in [0, 0.1) is 0 Å². The van der Waals surface area contributed by atoms with E-state index in [1.54, 1.807) is 6.07 Å². The smallest absolute Gasteiger partial charge is 0.209 e. The van der Waals surface area contributed by atoms with E-state index in [0.29, 0.717) is 23.1 Å². The van der Waals surface area contributed by atoms with Gasteiger partial charge < -0.3 is 5.73 Å². The standard InChI is InChI=1S/C21H21NO2/c1-2-7-17-19(22)21(24)16-11-6-10-15(18(16)20(17)23)13-12-14-8-4-3-5-9-14/h3-6,8-11H,2,7,12-13,22H2,1H3. The molecule has 24 heavy (non-hydrogen) atoms. The molecule has 0 amide bonds. The van der Waals surface area contributed by atoms with Crippen molar-refractivity contribution in [3.8, 4) is 0 Å². The van der Waals surface area contributed by atoms with Gasteiger partial charge in [-0.2, -0.15) is 0 Å². The lowest BCUT2D eigenvalue weighted by atomic mass is 9.82. The van der Waals surface area contributed by atoms with Crippen LogP contribution in [0.5, 0.6) is 0 Å². The van der Waals surface area contributed by atoms with E-state index in [-0.39, 0.29) is 17.3 Å². The fourth-order valence-electron chi connectivity index (χ4n) is 3.24. The van der Waals surface area contributed by atoms with Gasteiger partial charge in [0.2, 0.25) is 5.78 Å². The first-order valence-corrected chi connectivity index (χ1v) is 8.37. The van der Waals surface area contributed by atoms with E-state index in [1.807, 2.05) is 37.3 Å². The second-order valence-electron chi connectivity index (χ2n) is 6.13. The summed E-state index contributed by atoms with van der Waals surface area (Å²) in [6.07, 6.45) is 2.89. The van der Waals surface area contributed by atoms with Gasteiger partial charge in [-0.05, 0) is 30.4 Å². The van der Waals surface area contributed by atoms with Gasteiger partial charge in [0, 0.05) is 16.7 Å². The minimum Gasteiger partial charge on any atom is -0.395 e. The molecule has 1 aliphatic rings. The summed E-state index contributed by atoms with van der Waals surface area (Å²) in [6, 6.07) is 15.6. The van der Waals surface area contributed by atoms with E-state index >= 15 is 0 Å². The fraction of sp³-hybridized carbons (Fsp3) is 0.238. The van der Waals surface area contributed by atoms with Crippen LogP contribution in [-0.2, 0) is 12.8 Å². The molecule has 2 aromatic carbocycles. The maximum Gasteiger partial charge on any atom is 0.209 e. The van der Waals surface area contributed by atoms with E-state index < -0.39 is 0 Å². The monoisotopic (exact) mass is 319 g/mol. The highest BCUT2D eigenvalue weighted by Gasteiger charge is 2.31. The first-order chi connectivity index (χ1) is 11.6. The molecule has 1 aliphatic carbocycles. The van der Waals surface area contributed by atoms with Gasteiger partial charge in [0.15, 0.2) is 5.78 Å². The third-order valence-corrected chi connectivity index (χ3v) is 4.49. The number of hydrogen-bond acceptors (Lipinski definition) is 3. The molecule has 0 radical (unpaired) electrons. The summed E-state index contributed by atoms with van der Waals surface area (Å²) in [6.45, 7) is 1.98. The molecule has 0 bridgehead atoms. The Hall–Kier alpha value is -2.68. The Morgan fingerprint density at radius 2 is 1.58 bits per heavy atom. The summed E-state index contributed by atoms with van der Waals surface area (Å²) in [5.74, 6) is -0.290. The molecule has 2 aromatic rings. The van der Waals surface area contributed by atoms with Crippen molar-refractivity contribution in [3.05, 3.63) is 82.1 Å². The van der Waals surface area contributed by atoms with E-state index in [9.17, 15) is 9.59 Å². The maximum atomic E-state index is 12.9. The number of ketones is 2. The topological polar surface area (TPSA) is 60.2 Å². The quantitative estimate of drug-likeness (QED) is 0.910. The summed E-state index contributed by atoms with van der Waals surface area (Å²) < 4.78 is 0. The highest BCUT2D eigenvalue weighted by Crippen LogP contribution is 2.29. The first-order valence-electron chi connectivity index (χ1n) is 8.37. The van der Waals surface area contributed by atoms with Crippen LogP contribution < -0.4 is 5.73 Å². The summed E-state index contributed by atoms with van der Waals surface area (Å²) in [5.41, 5.74) is 9.67. The molecule has 0 fully saturated rings. The zero-order valence-electron chi connectivity index (χ0n) is 13.8. The Morgan fingerprint density at radius 3 is 2.29 bits per heavy atom. The maximum absolute atomic E-state index is 12.9. The molecule has 122 valence electrons. The lowest BCUT2D eigenvalue weighted by molar-refractivity contribution is 0.0969. The Morgan fingerprint density at radius 1 is 0.833 bits per heavy atom. The van der Waals surface area contributed by atoms with Crippen LogP contribution in [-0.4, -0.2) is 11.6 Å². The Labute approximate surface area is 142 Å². The van der Waals surface area contributed by atoms with Gasteiger partial charge in [-0.15, -0.1) is 0 Å². The number of rotatable bonds is 5. The van der Waals surface area contributed by atoms with Crippen LogP contribution in [0.25, 0.3) is 0 Å². The number of fused-ring (bicyclic) bond motifs is 1. The van der Waals surface area contributed by atoms with Gasteiger partial charge in [-0.25, -0.2) is 0 Å². The third kappa shape index (κ3) is 2.90. The van der Waals surface area contributed by atoms with Gasteiger partial charge in [0.05, 0.1) is 5.70 Å². The predicted octanol–water partition coefficient (Wildman–Crippen LogP) is 3.86. The fourth-order valence-corrected chi connectivity index (χ4v) is 3.24. The molecule has 0 aromatic heterocycles. The molecule has 0 heterocycles. The Bertz CT molecular complexity index is 819. The summed E-state index contributed by atoms with van der Waals surface area (Å²) in [5, 5.41) is 0. The van der Waals surface area contributed by atoms with Crippen LogP contribution in [0.4, 0.5) is 0 Å². The van der Waals surface area contributed by atoms with Crippen molar-refractivity contribution < 1.29 is 9.59 Å². The third-order valence-electron chi connectivity index (χ3n) is 4.49. The summed E-state index contributed by atoms with van der Waals surface area (Å²) >= 11 is 0. The van der Waals surface area contributed by atoms with Crippen LogP contribution in [0.3, 0.4) is 0 Å². The van der Waals surface area contributed by atoms with Crippen molar-refractivity contribution in [3.63, 3.8) is 0 Å². The summed E-state index contributed by atoms with van der Waals surface area (Å²) in [4.78, 5) is 25.4. The van der Waals surface area contributed by atoms with Crippen LogP contribution >= 0.6 is 0 Å². The summed E-state index contributed by atoms with van der Waals surface area (Å²) in [7, 11) is 0. The molecule has 0 unspecified atom stereocenters. The molecule has 0 saturated heterocycles. The van der Waals surface area contributed by atoms with Crippen molar-refractivity contribution in [2.75, 3.05) is 0 Å². The molecular weight excluding hydrogens is 298 g/mol. The van der Waals surface area contributed by atoms with Crippen molar-refractivity contribution >= 4 is 11.6 Å². The van der Waals surface area contributed by atoms with Crippen molar-refractivity contribution in [2.24, 2.45) is 5.73 Å². The van der Waals surface area contributed by atoms with Crippen LogP contribution in [0.2, 0.25) is 0 Å². The zero-order valence-corrected chi connectivity index (χ0v) is 13.8. The average Bonchev–Trinajstić information content (AvgIpc) is 2.62. The number of hydrogen-bond donors (Lipinski definition) is 1. The lowest BCUT2D eigenvalue weighted by Gasteiger charge is -2.21. The zero-order chi connectivity index (χ0) is 17.1. The number of aryl methyl sites for hydroxylation is 2. The Kier molecular flexibility index (Phi) is 4.61. The highest BCUT2D eigenvalue weighted by molar-refractivity contribution is 6.27. The molecule has 0 saturated carbocycles. The highest BCUT2D eigenvalue weighted by atomic mass is 16.1.